The molecule has 136 valence electrons. The Kier molecular flexibility index (Phi) is 7.99. The zero-order valence-corrected chi connectivity index (χ0v) is 14.2. The molecule has 0 bridgehead atoms. The van der Waals surface area contributed by atoms with E-state index in [0.717, 1.165) is 31.6 Å². The molecule has 0 saturated carbocycles. The number of halogens is 4. The largest absolute Gasteiger partial charge is 0.416 e. The number of nitrogens with one attached hydrogen (secondary N) is 2. The third-order valence-corrected chi connectivity index (χ3v) is 3.77. The van der Waals surface area contributed by atoms with Gasteiger partial charge in [0.2, 0.25) is 5.91 Å². The fourth-order valence-electron chi connectivity index (χ4n) is 2.51. The van der Waals surface area contributed by atoms with Crippen LogP contribution in [-0.4, -0.2) is 31.7 Å². The van der Waals surface area contributed by atoms with E-state index in [1.165, 1.54) is 6.07 Å². The summed E-state index contributed by atoms with van der Waals surface area (Å²) in [7, 11) is 0. The van der Waals surface area contributed by atoms with Crippen molar-refractivity contribution >= 4 is 18.3 Å². The molecule has 1 fully saturated rings. The predicted molar refractivity (Wildman–Crippen MR) is 87.1 cm³/mol. The molecule has 0 aromatic heterocycles. The summed E-state index contributed by atoms with van der Waals surface area (Å²) in [6.07, 6.45) is -2.23. The molecule has 8 heteroatoms. The molecule has 1 saturated heterocycles. The second-order valence-electron chi connectivity index (χ2n) is 5.68. The number of ether oxygens (including phenoxy) is 1. The molecule has 0 spiro atoms. The van der Waals surface area contributed by atoms with Crippen molar-refractivity contribution in [3.05, 3.63) is 35.4 Å². The van der Waals surface area contributed by atoms with Crippen molar-refractivity contribution in [3.63, 3.8) is 0 Å². The molecule has 2 unspecified atom stereocenters. The highest BCUT2D eigenvalue weighted by Gasteiger charge is 2.30. The van der Waals surface area contributed by atoms with Crippen molar-refractivity contribution in [1.82, 2.24) is 10.6 Å². The van der Waals surface area contributed by atoms with Crippen molar-refractivity contribution in [1.29, 1.82) is 0 Å². The van der Waals surface area contributed by atoms with Crippen LogP contribution in [0.15, 0.2) is 24.3 Å². The first-order chi connectivity index (χ1) is 10.9. The Bertz CT molecular complexity index is 534. The lowest BCUT2D eigenvalue weighted by molar-refractivity contribution is -0.137. The van der Waals surface area contributed by atoms with Crippen LogP contribution in [0.5, 0.6) is 0 Å². The number of amides is 1. The van der Waals surface area contributed by atoms with Crippen molar-refractivity contribution in [2.45, 2.75) is 38.1 Å². The lowest BCUT2D eigenvalue weighted by atomic mass is 10.0. The monoisotopic (exact) mass is 366 g/mol. The lowest BCUT2D eigenvalue weighted by Gasteiger charge is -2.17. The van der Waals surface area contributed by atoms with Crippen molar-refractivity contribution in [3.8, 4) is 0 Å². The van der Waals surface area contributed by atoms with E-state index in [4.69, 9.17) is 4.74 Å². The molecule has 1 amide bonds. The van der Waals surface area contributed by atoms with Crippen LogP contribution in [0.2, 0.25) is 0 Å². The van der Waals surface area contributed by atoms with Gasteiger partial charge in [0.25, 0.3) is 0 Å². The van der Waals surface area contributed by atoms with Crippen molar-refractivity contribution in [2.75, 3.05) is 19.7 Å². The first-order valence-electron chi connectivity index (χ1n) is 7.65. The van der Waals surface area contributed by atoms with Crippen molar-refractivity contribution in [2.24, 2.45) is 0 Å². The minimum absolute atomic E-state index is 0. The summed E-state index contributed by atoms with van der Waals surface area (Å²) in [4.78, 5) is 11.8. The molecule has 1 aromatic carbocycles. The molecule has 1 aromatic rings. The van der Waals surface area contributed by atoms with Gasteiger partial charge < -0.3 is 15.4 Å². The highest BCUT2D eigenvalue weighted by Crippen LogP contribution is 2.30. The Morgan fingerprint density at radius 3 is 2.79 bits per heavy atom. The van der Waals surface area contributed by atoms with Gasteiger partial charge in [-0.25, -0.2) is 0 Å². The fraction of sp³-hybridized carbons (Fsp3) is 0.562. The van der Waals surface area contributed by atoms with Crippen LogP contribution in [0.4, 0.5) is 13.2 Å². The van der Waals surface area contributed by atoms with Gasteiger partial charge in [-0.15, -0.1) is 12.4 Å². The first kappa shape index (κ1) is 20.7. The van der Waals surface area contributed by atoms with Crippen LogP contribution in [0.1, 0.15) is 36.9 Å². The Hall–Kier alpha value is -1.31. The van der Waals surface area contributed by atoms with Gasteiger partial charge in [-0.2, -0.15) is 13.2 Å². The minimum atomic E-state index is -4.39. The molecule has 4 nitrogen and oxygen atoms in total. The molecule has 2 rings (SSSR count). The summed E-state index contributed by atoms with van der Waals surface area (Å²) in [5, 5.41) is 5.69. The molecular weight excluding hydrogens is 345 g/mol. The zero-order chi connectivity index (χ0) is 16.9. The van der Waals surface area contributed by atoms with E-state index >= 15 is 0 Å². The van der Waals surface area contributed by atoms with Crippen LogP contribution < -0.4 is 10.6 Å². The van der Waals surface area contributed by atoms with Gasteiger partial charge in [-0.05, 0) is 37.5 Å². The number of benzene rings is 1. The zero-order valence-electron chi connectivity index (χ0n) is 13.4. The van der Waals surface area contributed by atoms with E-state index < -0.39 is 17.8 Å². The molecule has 0 radical (unpaired) electrons. The molecule has 1 aliphatic heterocycles. The van der Waals surface area contributed by atoms with Crippen molar-refractivity contribution < 1.29 is 22.7 Å². The number of hydrogen-bond acceptors (Lipinski definition) is 3. The molecule has 2 N–H and O–H groups in total. The van der Waals surface area contributed by atoms with Crippen LogP contribution in [0, 0.1) is 0 Å². The predicted octanol–water partition coefficient (Wildman–Crippen LogP) is 3.07. The molecule has 1 heterocycles. The maximum Gasteiger partial charge on any atom is 0.416 e. The quantitative estimate of drug-likeness (QED) is 0.813. The molecule has 0 aliphatic carbocycles. The summed E-state index contributed by atoms with van der Waals surface area (Å²) in [5.41, 5.74) is -0.292. The smallest absolute Gasteiger partial charge is 0.377 e. The Labute approximate surface area is 145 Å². The lowest BCUT2D eigenvalue weighted by Crippen LogP contribution is -2.38. The summed E-state index contributed by atoms with van der Waals surface area (Å²) in [6, 6.07) is 4.50. The van der Waals surface area contributed by atoms with Crippen LogP contribution in [0.3, 0.4) is 0 Å². The van der Waals surface area contributed by atoms with Gasteiger partial charge >= 0.3 is 6.18 Å². The van der Waals surface area contributed by atoms with Crippen LogP contribution >= 0.6 is 12.4 Å². The summed E-state index contributed by atoms with van der Waals surface area (Å²) in [6.45, 7) is 3.13. The average molecular weight is 367 g/mol. The van der Waals surface area contributed by atoms with E-state index in [-0.39, 0.29) is 31.0 Å². The maximum atomic E-state index is 12.7. The number of alkyl halides is 3. The Balaban J connectivity index is 0.00000288. The minimum Gasteiger partial charge on any atom is -0.377 e. The van der Waals surface area contributed by atoms with Gasteiger partial charge in [0, 0.05) is 13.2 Å². The third kappa shape index (κ3) is 6.30. The Morgan fingerprint density at radius 2 is 2.17 bits per heavy atom. The van der Waals surface area contributed by atoms with Gasteiger partial charge in [-0.3, -0.25) is 4.79 Å². The summed E-state index contributed by atoms with van der Waals surface area (Å²) >= 11 is 0. The number of rotatable bonds is 6. The molecule has 1 aliphatic rings. The summed E-state index contributed by atoms with van der Waals surface area (Å²) < 4.78 is 43.5. The highest BCUT2D eigenvalue weighted by atomic mass is 35.5. The number of carbonyl (C=O) groups excluding carboxylic acids is 1. The maximum absolute atomic E-state index is 12.7. The van der Waals surface area contributed by atoms with E-state index in [1.54, 1.807) is 13.0 Å². The van der Waals surface area contributed by atoms with Gasteiger partial charge in [-0.1, -0.05) is 12.1 Å². The van der Waals surface area contributed by atoms with E-state index in [0.29, 0.717) is 12.1 Å². The SMILES string of the molecule is CC(NC(=O)CNCC1CCCO1)c1cccc(C(F)(F)F)c1.Cl. The number of hydrogen-bond donors (Lipinski definition) is 2. The highest BCUT2D eigenvalue weighted by molar-refractivity contribution is 5.85. The Morgan fingerprint density at radius 1 is 1.42 bits per heavy atom. The van der Waals surface area contributed by atoms with Gasteiger partial charge in [0.15, 0.2) is 0 Å². The first-order valence-corrected chi connectivity index (χ1v) is 7.65. The second-order valence-corrected chi connectivity index (χ2v) is 5.68. The topological polar surface area (TPSA) is 50.4 Å². The molecular formula is C16H22ClF3N2O2. The normalized spacial score (nSPS) is 18.8. The standard InChI is InChI=1S/C16H21F3N2O2.ClH/c1-11(12-4-2-5-13(8-12)16(17,18)19)21-15(22)10-20-9-14-6-3-7-23-14;/h2,4-5,8,11,14,20H,3,6-7,9-10H2,1H3,(H,21,22);1H. The molecule has 2 atom stereocenters. The number of carbonyl (C=O) groups is 1. The average Bonchev–Trinajstić information content (AvgIpc) is 2.99. The third-order valence-electron chi connectivity index (χ3n) is 3.77. The van der Waals surface area contributed by atoms with E-state index in [9.17, 15) is 18.0 Å². The summed E-state index contributed by atoms with van der Waals surface area (Å²) in [5.74, 6) is -0.257. The fourth-order valence-corrected chi connectivity index (χ4v) is 2.51. The van der Waals surface area contributed by atoms with E-state index in [2.05, 4.69) is 10.6 Å². The van der Waals surface area contributed by atoms with E-state index in [1.807, 2.05) is 0 Å². The molecule has 24 heavy (non-hydrogen) atoms. The van der Waals surface area contributed by atoms with Gasteiger partial charge in [0.05, 0.1) is 24.3 Å². The van der Waals surface area contributed by atoms with Crippen LogP contribution in [-0.2, 0) is 15.7 Å². The second kappa shape index (κ2) is 9.25. The van der Waals surface area contributed by atoms with Crippen LogP contribution in [0.25, 0.3) is 0 Å². The van der Waals surface area contributed by atoms with Gasteiger partial charge in [0.1, 0.15) is 0 Å².